The first kappa shape index (κ1) is 26.4. The zero-order chi connectivity index (χ0) is 23.4. The van der Waals surface area contributed by atoms with Gasteiger partial charge >= 0.3 is 5.97 Å². The predicted octanol–water partition coefficient (Wildman–Crippen LogP) is 5.76. The number of rotatable bonds is 10. The molecule has 0 amide bonds. The van der Waals surface area contributed by atoms with Gasteiger partial charge in [0.25, 0.3) is 0 Å². The zero-order valence-corrected chi connectivity index (χ0v) is 21.1. The lowest BCUT2D eigenvalue weighted by molar-refractivity contribution is -0.137. The Balaban J connectivity index is 2.24. The van der Waals surface area contributed by atoms with Gasteiger partial charge in [0.15, 0.2) is 0 Å². The van der Waals surface area contributed by atoms with E-state index in [2.05, 4.69) is 27.7 Å². The Hall–Kier alpha value is -0.870. The molecular formula is C27H48O4. The summed E-state index contributed by atoms with van der Waals surface area (Å²) in [5.41, 5.74) is 0.336. The lowest BCUT2D eigenvalue weighted by Crippen LogP contribution is -2.50. The predicted molar refractivity (Wildman–Crippen MR) is 126 cm³/mol. The molecule has 0 saturated heterocycles. The Bertz CT molecular complexity index is 612. The van der Waals surface area contributed by atoms with Crippen molar-refractivity contribution in [2.75, 3.05) is 6.61 Å². The SMILES string of the molecule is CCOC(=O)/C=C/[C@@H](C)C1CCC2C([C@@H](C)O)C([C@](C)(CC)CCC(C)O)CC[C@@]21C. The largest absolute Gasteiger partial charge is 0.463 e. The third kappa shape index (κ3) is 5.74. The molecule has 180 valence electrons. The van der Waals surface area contributed by atoms with Gasteiger partial charge < -0.3 is 14.9 Å². The quantitative estimate of drug-likeness (QED) is 0.337. The summed E-state index contributed by atoms with van der Waals surface area (Å²) in [7, 11) is 0. The molecule has 2 aliphatic carbocycles. The summed E-state index contributed by atoms with van der Waals surface area (Å²) in [6.45, 7) is 15.4. The van der Waals surface area contributed by atoms with Gasteiger partial charge in [-0.05, 0) is 99.7 Å². The topological polar surface area (TPSA) is 66.8 Å². The number of ether oxygens (including phenoxy) is 1. The Kier molecular flexibility index (Phi) is 9.22. The van der Waals surface area contributed by atoms with Crippen LogP contribution in [0.2, 0.25) is 0 Å². The van der Waals surface area contributed by atoms with Crippen LogP contribution in [0.5, 0.6) is 0 Å². The summed E-state index contributed by atoms with van der Waals surface area (Å²) in [5, 5.41) is 20.9. The second-order valence-electron chi connectivity index (χ2n) is 11.1. The molecule has 9 atom stereocenters. The molecule has 2 saturated carbocycles. The number of aliphatic hydroxyl groups excluding tert-OH is 2. The average molecular weight is 437 g/mol. The molecule has 5 unspecified atom stereocenters. The minimum Gasteiger partial charge on any atom is -0.463 e. The van der Waals surface area contributed by atoms with Crippen LogP contribution in [0.3, 0.4) is 0 Å². The van der Waals surface area contributed by atoms with Crippen LogP contribution in [-0.2, 0) is 9.53 Å². The highest BCUT2D eigenvalue weighted by molar-refractivity contribution is 5.81. The molecule has 0 aliphatic heterocycles. The lowest BCUT2D eigenvalue weighted by atomic mass is 9.50. The third-order valence-electron chi connectivity index (χ3n) is 9.26. The third-order valence-corrected chi connectivity index (χ3v) is 9.26. The van der Waals surface area contributed by atoms with Crippen molar-refractivity contribution in [3.63, 3.8) is 0 Å². The molecule has 2 rings (SSSR count). The van der Waals surface area contributed by atoms with Crippen molar-refractivity contribution >= 4 is 5.97 Å². The molecule has 0 bridgehead atoms. The number of allylic oxidation sites excluding steroid dienone is 1. The molecule has 0 heterocycles. The van der Waals surface area contributed by atoms with Crippen LogP contribution in [-0.4, -0.2) is 35.0 Å². The van der Waals surface area contributed by atoms with E-state index in [1.807, 2.05) is 26.8 Å². The van der Waals surface area contributed by atoms with Gasteiger partial charge in [-0.3, -0.25) is 0 Å². The highest BCUT2D eigenvalue weighted by atomic mass is 16.5. The van der Waals surface area contributed by atoms with Gasteiger partial charge in [0, 0.05) is 6.08 Å². The van der Waals surface area contributed by atoms with Crippen LogP contribution >= 0.6 is 0 Å². The van der Waals surface area contributed by atoms with Gasteiger partial charge in [-0.2, -0.15) is 0 Å². The molecular weight excluding hydrogens is 388 g/mol. The molecule has 2 fully saturated rings. The first-order valence-corrected chi connectivity index (χ1v) is 12.7. The lowest BCUT2D eigenvalue weighted by Gasteiger charge is -2.55. The molecule has 31 heavy (non-hydrogen) atoms. The van der Waals surface area contributed by atoms with Crippen LogP contribution in [0, 0.1) is 40.4 Å². The number of fused-ring (bicyclic) bond motifs is 1. The standard InChI is InChI=1S/C27H48O4/c1-8-26(6,16-14-19(4)28)22-15-17-27(7)21(11-12-23(27)25(22)20(5)29)18(3)10-13-24(30)31-9-2/h10,13,18-23,25,28-29H,8-9,11-12,14-17H2,1-7H3/b13-10+/t18-,19?,20-,21?,22?,23?,25?,26-,27-/m1/s1. The number of carbonyl (C=O) groups excluding carboxylic acids is 1. The van der Waals surface area contributed by atoms with Gasteiger partial charge in [-0.1, -0.05) is 40.2 Å². The summed E-state index contributed by atoms with van der Waals surface area (Å²) in [6.07, 6.45) is 10.6. The minimum absolute atomic E-state index is 0.146. The molecule has 4 heteroatoms. The Labute approximate surface area is 190 Å². The monoisotopic (exact) mass is 436 g/mol. The second-order valence-corrected chi connectivity index (χ2v) is 11.1. The fourth-order valence-corrected chi connectivity index (χ4v) is 7.30. The summed E-state index contributed by atoms with van der Waals surface area (Å²) >= 11 is 0. The smallest absolute Gasteiger partial charge is 0.330 e. The Morgan fingerprint density at radius 1 is 1.19 bits per heavy atom. The van der Waals surface area contributed by atoms with Crippen LogP contribution in [0.4, 0.5) is 0 Å². The summed E-state index contributed by atoms with van der Waals surface area (Å²) in [6, 6.07) is 0. The molecule has 4 nitrogen and oxygen atoms in total. The number of hydrogen-bond donors (Lipinski definition) is 2. The van der Waals surface area contributed by atoms with Crippen molar-refractivity contribution in [3.8, 4) is 0 Å². The molecule has 0 radical (unpaired) electrons. The van der Waals surface area contributed by atoms with Crippen LogP contribution < -0.4 is 0 Å². The highest BCUT2D eigenvalue weighted by Crippen LogP contribution is 2.64. The molecule has 0 aromatic rings. The maximum absolute atomic E-state index is 11.8. The van der Waals surface area contributed by atoms with Gasteiger partial charge in [0.2, 0.25) is 0 Å². The van der Waals surface area contributed by atoms with Crippen molar-refractivity contribution in [1.29, 1.82) is 0 Å². The van der Waals surface area contributed by atoms with Gasteiger partial charge in [-0.15, -0.1) is 0 Å². The van der Waals surface area contributed by atoms with E-state index < -0.39 is 0 Å². The molecule has 2 N–H and O–H groups in total. The Morgan fingerprint density at radius 3 is 2.42 bits per heavy atom. The van der Waals surface area contributed by atoms with Crippen LogP contribution in [0.15, 0.2) is 12.2 Å². The van der Waals surface area contributed by atoms with Crippen LogP contribution in [0.25, 0.3) is 0 Å². The van der Waals surface area contributed by atoms with E-state index in [0.29, 0.717) is 36.2 Å². The van der Waals surface area contributed by atoms with Gasteiger partial charge in [-0.25, -0.2) is 4.79 Å². The molecule has 0 spiro atoms. The van der Waals surface area contributed by atoms with Gasteiger partial charge in [0.05, 0.1) is 18.8 Å². The normalized spacial score (nSPS) is 35.9. The van der Waals surface area contributed by atoms with E-state index in [-0.39, 0.29) is 29.0 Å². The number of carbonyl (C=O) groups is 1. The maximum atomic E-state index is 11.8. The van der Waals surface area contributed by atoms with E-state index in [9.17, 15) is 15.0 Å². The summed E-state index contributed by atoms with van der Waals surface area (Å²) in [5.74, 6) is 1.88. The van der Waals surface area contributed by atoms with Crippen molar-refractivity contribution < 1.29 is 19.7 Å². The Morgan fingerprint density at radius 2 is 1.87 bits per heavy atom. The average Bonchev–Trinajstić information content (AvgIpc) is 3.06. The maximum Gasteiger partial charge on any atom is 0.330 e. The van der Waals surface area contributed by atoms with Crippen molar-refractivity contribution in [2.24, 2.45) is 40.4 Å². The van der Waals surface area contributed by atoms with Crippen LogP contribution in [0.1, 0.15) is 93.4 Å². The number of hydrogen-bond acceptors (Lipinski definition) is 4. The number of esters is 1. The highest BCUT2D eigenvalue weighted by Gasteiger charge is 2.57. The second kappa shape index (κ2) is 10.8. The van der Waals surface area contributed by atoms with E-state index in [1.54, 1.807) is 6.08 Å². The van der Waals surface area contributed by atoms with E-state index in [0.717, 1.165) is 38.5 Å². The number of aliphatic hydroxyl groups is 2. The van der Waals surface area contributed by atoms with Crippen molar-refractivity contribution in [1.82, 2.24) is 0 Å². The molecule has 2 aliphatic rings. The van der Waals surface area contributed by atoms with Crippen molar-refractivity contribution in [3.05, 3.63) is 12.2 Å². The minimum atomic E-state index is -0.323. The van der Waals surface area contributed by atoms with Gasteiger partial charge in [0.1, 0.15) is 0 Å². The molecule has 0 aromatic heterocycles. The first-order valence-electron chi connectivity index (χ1n) is 12.7. The summed E-state index contributed by atoms with van der Waals surface area (Å²) < 4.78 is 5.06. The molecule has 0 aromatic carbocycles. The summed E-state index contributed by atoms with van der Waals surface area (Å²) in [4.78, 5) is 11.8. The fraction of sp³-hybridized carbons (Fsp3) is 0.889. The fourth-order valence-electron chi connectivity index (χ4n) is 7.30. The zero-order valence-electron chi connectivity index (χ0n) is 21.1. The first-order chi connectivity index (χ1) is 14.5. The van der Waals surface area contributed by atoms with E-state index in [1.165, 1.54) is 6.42 Å². The van der Waals surface area contributed by atoms with E-state index >= 15 is 0 Å². The van der Waals surface area contributed by atoms with Crippen molar-refractivity contribution in [2.45, 2.75) is 106 Å². The van der Waals surface area contributed by atoms with E-state index in [4.69, 9.17) is 4.74 Å².